The van der Waals surface area contributed by atoms with Gasteiger partial charge in [-0.15, -0.1) is 0 Å². The van der Waals surface area contributed by atoms with Gasteiger partial charge in [0.15, 0.2) is 0 Å². The van der Waals surface area contributed by atoms with Gasteiger partial charge in [0.1, 0.15) is 5.60 Å². The molecule has 1 aliphatic carbocycles. The number of likely N-dealkylation sites (tertiary alicyclic amines) is 2. The highest BCUT2D eigenvalue weighted by molar-refractivity contribution is 9.12. The van der Waals surface area contributed by atoms with Crippen LogP contribution in [0.2, 0.25) is 0 Å². The van der Waals surface area contributed by atoms with Crippen LogP contribution in [-0.2, 0) is 16.0 Å². The predicted molar refractivity (Wildman–Crippen MR) is 183 cm³/mol. The zero-order valence-electron chi connectivity index (χ0n) is 26.8. The molecule has 4 aliphatic rings. The van der Waals surface area contributed by atoms with Gasteiger partial charge in [0.2, 0.25) is 5.91 Å². The fourth-order valence-electron chi connectivity index (χ4n) is 6.49. The van der Waals surface area contributed by atoms with Crippen LogP contribution in [0.1, 0.15) is 96.3 Å². The number of fused-ring (bicyclic) bond motifs is 2. The molecule has 236 valence electrons. The van der Waals surface area contributed by atoms with Crippen LogP contribution in [0.4, 0.5) is 4.79 Å². The number of carbonyl (C=O) groups is 2. The first-order chi connectivity index (χ1) is 20.4. The van der Waals surface area contributed by atoms with Crippen molar-refractivity contribution in [2.24, 2.45) is 5.92 Å². The molecular weight excluding hydrogens is 670 g/mol. The van der Waals surface area contributed by atoms with Crippen molar-refractivity contribution < 1.29 is 14.3 Å². The number of nitrogens with zero attached hydrogens (tertiary/aromatic N) is 2. The minimum atomic E-state index is -0.487. The number of allylic oxidation sites excluding steroid dienone is 2. The molecule has 2 amide bonds. The van der Waals surface area contributed by atoms with Crippen LogP contribution in [0, 0.1) is 12.8 Å². The molecule has 1 N–H and O–H groups in total. The van der Waals surface area contributed by atoms with E-state index in [1.165, 1.54) is 39.8 Å². The van der Waals surface area contributed by atoms with Gasteiger partial charge in [0.05, 0.1) is 6.04 Å². The fraction of sp³-hybridized carbons (Fsp3) is 0.600. The Balaban J connectivity index is 0.00000135. The van der Waals surface area contributed by atoms with Crippen LogP contribution in [0.5, 0.6) is 0 Å². The van der Waals surface area contributed by atoms with Crippen molar-refractivity contribution in [3.8, 4) is 0 Å². The lowest BCUT2D eigenvalue weighted by Gasteiger charge is -2.36. The molecule has 3 aliphatic heterocycles. The van der Waals surface area contributed by atoms with Crippen molar-refractivity contribution in [3.63, 3.8) is 0 Å². The summed E-state index contributed by atoms with van der Waals surface area (Å²) in [5.74, 6) is 0.573. The minimum Gasteiger partial charge on any atom is -0.444 e. The number of hydrogen-bond acceptors (Lipinski definition) is 4. The molecule has 8 heteroatoms. The molecule has 1 aromatic carbocycles. The summed E-state index contributed by atoms with van der Waals surface area (Å²) >= 11 is 7.58. The molecule has 1 aromatic rings. The summed E-state index contributed by atoms with van der Waals surface area (Å²) in [7, 11) is 0. The van der Waals surface area contributed by atoms with E-state index in [-0.39, 0.29) is 18.0 Å². The summed E-state index contributed by atoms with van der Waals surface area (Å²) in [6, 6.07) is 4.73. The SMILES string of the molecule is CCC.Cc1cc(Br)c2c(c1)CCC1=CC(Br)=CNC1C2=C1CCN(C(=O)CC2CCN(C(=O)OC(C)(C)C)CC2)CC1. The predicted octanol–water partition coefficient (Wildman–Crippen LogP) is 8.67. The van der Waals surface area contributed by atoms with Crippen LogP contribution in [0.25, 0.3) is 5.57 Å². The molecule has 2 saturated heterocycles. The van der Waals surface area contributed by atoms with Crippen molar-refractivity contribution in [2.45, 2.75) is 105 Å². The molecule has 1 atom stereocenters. The summed E-state index contributed by atoms with van der Waals surface area (Å²) in [6.07, 6.45) is 11.5. The Morgan fingerprint density at radius 3 is 2.26 bits per heavy atom. The van der Waals surface area contributed by atoms with Crippen LogP contribution in [0.3, 0.4) is 0 Å². The monoisotopic (exact) mass is 717 g/mol. The molecule has 43 heavy (non-hydrogen) atoms. The quantitative estimate of drug-likeness (QED) is 0.333. The first-order valence-electron chi connectivity index (χ1n) is 16.0. The number of dihydropyridines is 1. The Morgan fingerprint density at radius 1 is 0.977 bits per heavy atom. The number of carbonyl (C=O) groups excluding carboxylic acids is 2. The average Bonchev–Trinajstić information content (AvgIpc) is 3.10. The van der Waals surface area contributed by atoms with Crippen molar-refractivity contribution in [2.75, 3.05) is 26.2 Å². The third-order valence-corrected chi connectivity index (χ3v) is 9.55. The third-order valence-electron chi connectivity index (χ3n) is 8.47. The van der Waals surface area contributed by atoms with Crippen molar-refractivity contribution in [3.05, 3.63) is 61.2 Å². The van der Waals surface area contributed by atoms with E-state index in [0.29, 0.717) is 25.4 Å². The maximum atomic E-state index is 13.3. The van der Waals surface area contributed by atoms with Crippen LogP contribution in [0.15, 0.2) is 44.5 Å². The molecule has 5 rings (SSSR count). The Morgan fingerprint density at radius 2 is 1.63 bits per heavy atom. The summed E-state index contributed by atoms with van der Waals surface area (Å²) in [5, 5.41) is 3.68. The van der Waals surface area contributed by atoms with Gasteiger partial charge in [-0.05, 0) is 128 Å². The van der Waals surface area contributed by atoms with E-state index in [4.69, 9.17) is 4.74 Å². The van der Waals surface area contributed by atoms with Gasteiger partial charge in [0, 0.05) is 47.8 Å². The zero-order chi connectivity index (χ0) is 31.3. The smallest absolute Gasteiger partial charge is 0.410 e. The van der Waals surface area contributed by atoms with Gasteiger partial charge in [-0.25, -0.2) is 4.79 Å². The van der Waals surface area contributed by atoms with Gasteiger partial charge >= 0.3 is 6.09 Å². The van der Waals surface area contributed by atoms with Gasteiger partial charge in [-0.2, -0.15) is 0 Å². The number of aryl methyl sites for hydroxylation is 2. The van der Waals surface area contributed by atoms with E-state index >= 15 is 0 Å². The Kier molecular flexibility index (Phi) is 11.7. The van der Waals surface area contributed by atoms with Crippen molar-refractivity contribution in [1.82, 2.24) is 15.1 Å². The second-order valence-corrected chi connectivity index (χ2v) is 15.1. The van der Waals surface area contributed by atoms with Crippen LogP contribution >= 0.6 is 31.9 Å². The van der Waals surface area contributed by atoms with Gasteiger partial charge in [-0.1, -0.05) is 47.8 Å². The highest BCUT2D eigenvalue weighted by atomic mass is 79.9. The number of piperidine rings is 2. The largest absolute Gasteiger partial charge is 0.444 e. The van der Waals surface area contributed by atoms with E-state index in [0.717, 1.165) is 60.6 Å². The molecule has 0 saturated carbocycles. The molecule has 0 spiro atoms. The summed E-state index contributed by atoms with van der Waals surface area (Å²) < 4.78 is 7.77. The van der Waals surface area contributed by atoms with Gasteiger partial charge < -0.3 is 19.9 Å². The molecule has 0 bridgehead atoms. The Bertz CT molecular complexity index is 1280. The summed E-state index contributed by atoms with van der Waals surface area (Å²) in [4.78, 5) is 29.6. The van der Waals surface area contributed by atoms with E-state index in [1.54, 1.807) is 4.90 Å². The maximum absolute atomic E-state index is 13.3. The second-order valence-electron chi connectivity index (χ2n) is 13.3. The van der Waals surface area contributed by atoms with E-state index < -0.39 is 5.60 Å². The lowest BCUT2D eigenvalue weighted by atomic mass is 9.84. The van der Waals surface area contributed by atoms with Crippen LogP contribution in [-0.4, -0.2) is 59.6 Å². The first-order valence-corrected chi connectivity index (χ1v) is 17.6. The maximum Gasteiger partial charge on any atom is 0.410 e. The molecule has 1 unspecified atom stereocenters. The number of benzene rings is 1. The summed E-state index contributed by atoms with van der Waals surface area (Å²) in [5.41, 5.74) is 7.79. The second kappa shape index (κ2) is 14.8. The molecular formula is C35H49Br2N3O3. The molecule has 0 radical (unpaired) electrons. The van der Waals surface area contributed by atoms with E-state index in [2.05, 4.69) is 87.3 Å². The van der Waals surface area contributed by atoms with Gasteiger partial charge in [0.25, 0.3) is 0 Å². The van der Waals surface area contributed by atoms with E-state index in [1.807, 2.05) is 20.8 Å². The van der Waals surface area contributed by atoms with Crippen molar-refractivity contribution in [1.29, 1.82) is 0 Å². The minimum absolute atomic E-state index is 0.161. The lowest BCUT2D eigenvalue weighted by Crippen LogP contribution is -2.43. The summed E-state index contributed by atoms with van der Waals surface area (Å²) in [6.45, 7) is 14.9. The zero-order valence-corrected chi connectivity index (χ0v) is 30.0. The standard InChI is InChI=1S/C32H41Br2N3O3.C3H8/c1-20-15-23-5-6-24-18-25(33)19-35-30(24)29(28(23)26(34)16-20)22-9-13-36(14-10-22)27(38)17-21-7-11-37(12-8-21)31(39)40-32(2,3)4;1-3-2/h15-16,18-19,21,30,35H,5-14,17H2,1-4H3;3H2,1-2H3. The Labute approximate surface area is 275 Å². The van der Waals surface area contributed by atoms with Crippen molar-refractivity contribution >= 4 is 49.4 Å². The van der Waals surface area contributed by atoms with Gasteiger partial charge in [-0.3, -0.25) is 4.79 Å². The number of hydrogen-bond donors (Lipinski definition) is 1. The van der Waals surface area contributed by atoms with E-state index in [9.17, 15) is 9.59 Å². The number of amides is 2. The first kappa shape index (κ1) is 33.8. The normalized spacial score (nSPS) is 20.9. The topological polar surface area (TPSA) is 61.9 Å². The number of rotatable bonds is 2. The molecule has 6 nitrogen and oxygen atoms in total. The average molecular weight is 720 g/mol. The van der Waals surface area contributed by atoms with Crippen LogP contribution < -0.4 is 5.32 Å². The number of nitrogens with one attached hydrogen (secondary N) is 1. The fourth-order valence-corrected chi connectivity index (χ4v) is 7.75. The number of ether oxygens (including phenoxy) is 1. The molecule has 3 heterocycles. The molecule has 0 aromatic heterocycles. The third kappa shape index (κ3) is 8.78. The highest BCUT2D eigenvalue weighted by Crippen LogP contribution is 2.43. The Hall–Kier alpha value is -2.06. The number of halogens is 2. The molecule has 2 fully saturated rings. The lowest BCUT2D eigenvalue weighted by molar-refractivity contribution is -0.133. The highest BCUT2D eigenvalue weighted by Gasteiger charge is 2.34.